The van der Waals surface area contributed by atoms with Gasteiger partial charge in [-0.25, -0.2) is 4.79 Å². The van der Waals surface area contributed by atoms with Gasteiger partial charge in [-0.15, -0.1) is 12.4 Å². The van der Waals surface area contributed by atoms with Crippen molar-refractivity contribution < 1.29 is 14.0 Å². The molecule has 2 atom stereocenters. The lowest BCUT2D eigenvalue weighted by molar-refractivity contribution is -0.147. The first-order valence-corrected chi connectivity index (χ1v) is 4.83. The van der Waals surface area contributed by atoms with E-state index in [9.17, 15) is 4.79 Å². The molecule has 0 fully saturated rings. The topological polar surface area (TPSA) is 70.5 Å². The molecular weight excluding hydrogens is 222 g/mol. The molecule has 0 radical (unpaired) electrons. The van der Waals surface area contributed by atoms with Crippen LogP contribution in [0.15, 0.2) is 12.7 Å². The Morgan fingerprint density at radius 1 is 1.64 bits per heavy atom. The van der Waals surface area contributed by atoms with Crippen molar-refractivity contribution in [3.63, 3.8) is 0 Å². The van der Waals surface area contributed by atoms with Gasteiger partial charge in [-0.1, -0.05) is 13.5 Å². The Kier molecular flexibility index (Phi) is 14.7. The van der Waals surface area contributed by atoms with Gasteiger partial charge in [0.15, 0.2) is 0 Å². The molecule has 14 heavy (non-hydrogen) atoms. The Morgan fingerprint density at radius 2 is 2.14 bits per heavy atom. The predicted molar refractivity (Wildman–Crippen MR) is 63.1 cm³/mol. The molecular formula is C8H20ClNO3Si. The second-order valence-corrected chi connectivity index (χ2v) is 3.00. The molecule has 0 aliphatic heterocycles. The van der Waals surface area contributed by atoms with Crippen molar-refractivity contribution in [2.45, 2.75) is 32.5 Å². The van der Waals surface area contributed by atoms with E-state index in [1.165, 1.54) is 6.08 Å². The smallest absolute Gasteiger partial charge is 0.330 e. The number of carbonyl (C=O) groups excluding carboxylic acids is 1. The summed E-state index contributed by atoms with van der Waals surface area (Å²) in [5.41, 5.74) is 0. The van der Waals surface area contributed by atoms with Gasteiger partial charge in [0.25, 0.3) is 0 Å². The molecule has 6 heteroatoms. The van der Waals surface area contributed by atoms with Crippen LogP contribution >= 0.6 is 12.4 Å². The standard InChI is InChI=1S/C8H16O3Si.ClH.H3N/c1-4-7(6(3)11-12)10-8(9)5-2;;/h5-7H,2,4H2,1,3,12H3;1H;1H3. The molecule has 0 aromatic rings. The molecule has 0 saturated heterocycles. The van der Waals surface area contributed by atoms with Crippen molar-refractivity contribution in [3.05, 3.63) is 12.7 Å². The average molecular weight is 242 g/mol. The van der Waals surface area contributed by atoms with Crippen molar-refractivity contribution in [3.8, 4) is 0 Å². The lowest BCUT2D eigenvalue weighted by atomic mass is 10.2. The highest BCUT2D eigenvalue weighted by Crippen LogP contribution is 2.07. The van der Waals surface area contributed by atoms with Crippen LogP contribution in [0.2, 0.25) is 0 Å². The van der Waals surface area contributed by atoms with Crippen LogP contribution in [-0.4, -0.2) is 28.7 Å². The van der Waals surface area contributed by atoms with Gasteiger partial charge in [0.05, 0.1) is 6.10 Å². The summed E-state index contributed by atoms with van der Waals surface area (Å²) in [5.74, 6) is -0.382. The molecule has 3 N–H and O–H groups in total. The molecule has 0 rings (SSSR count). The van der Waals surface area contributed by atoms with Gasteiger partial charge in [-0.2, -0.15) is 0 Å². The molecule has 86 valence electrons. The molecule has 0 amide bonds. The minimum atomic E-state index is -0.382. The molecule has 0 aliphatic carbocycles. The van der Waals surface area contributed by atoms with Gasteiger partial charge < -0.3 is 15.3 Å². The number of ether oxygens (including phenoxy) is 1. The van der Waals surface area contributed by atoms with E-state index in [1.54, 1.807) is 0 Å². The van der Waals surface area contributed by atoms with Gasteiger partial charge >= 0.3 is 5.97 Å². The van der Waals surface area contributed by atoms with Gasteiger partial charge in [-0.3, -0.25) is 0 Å². The van der Waals surface area contributed by atoms with Crippen LogP contribution in [-0.2, 0) is 14.0 Å². The maximum absolute atomic E-state index is 10.8. The maximum atomic E-state index is 10.8. The molecule has 0 aliphatic rings. The third kappa shape index (κ3) is 7.08. The monoisotopic (exact) mass is 241 g/mol. The highest BCUT2D eigenvalue weighted by molar-refractivity contribution is 5.98. The van der Waals surface area contributed by atoms with Crippen LogP contribution in [0.25, 0.3) is 0 Å². The van der Waals surface area contributed by atoms with Crippen molar-refractivity contribution in [1.29, 1.82) is 0 Å². The lowest BCUT2D eigenvalue weighted by Crippen LogP contribution is -2.29. The minimum Gasteiger partial charge on any atom is -0.457 e. The van der Waals surface area contributed by atoms with E-state index in [0.717, 1.165) is 6.42 Å². The molecule has 4 nitrogen and oxygen atoms in total. The van der Waals surface area contributed by atoms with Crippen molar-refractivity contribution in [1.82, 2.24) is 6.15 Å². The van der Waals surface area contributed by atoms with Crippen LogP contribution in [0.3, 0.4) is 0 Å². The van der Waals surface area contributed by atoms with Gasteiger partial charge in [0.1, 0.15) is 16.6 Å². The SMILES string of the molecule is C=CC(=O)OC(CC)C(C)O[SiH3].Cl.N. The average Bonchev–Trinajstić information content (AvgIpc) is 2.12. The summed E-state index contributed by atoms with van der Waals surface area (Å²) in [4.78, 5) is 10.8. The summed E-state index contributed by atoms with van der Waals surface area (Å²) in [5, 5.41) is 0. The number of esters is 1. The minimum absolute atomic E-state index is 0. The Hall–Kier alpha value is -0.363. The predicted octanol–water partition coefficient (Wildman–Crippen LogP) is 0.763. The Bertz CT molecular complexity index is 169. The third-order valence-electron chi connectivity index (χ3n) is 1.73. The van der Waals surface area contributed by atoms with E-state index < -0.39 is 0 Å². The fourth-order valence-electron chi connectivity index (χ4n) is 0.860. The normalized spacial score (nSPS) is 13.0. The zero-order valence-electron chi connectivity index (χ0n) is 8.99. The molecule has 0 spiro atoms. The molecule has 0 heterocycles. The third-order valence-corrected chi connectivity index (χ3v) is 2.48. The van der Waals surface area contributed by atoms with E-state index in [1.807, 2.05) is 13.8 Å². The summed E-state index contributed by atoms with van der Waals surface area (Å²) in [7, 11) is 0.660. The largest absolute Gasteiger partial charge is 0.457 e. The van der Waals surface area contributed by atoms with Crippen LogP contribution in [0.1, 0.15) is 20.3 Å². The summed E-state index contributed by atoms with van der Waals surface area (Å²) < 4.78 is 10.2. The zero-order chi connectivity index (χ0) is 9.56. The molecule has 2 unspecified atom stereocenters. The van der Waals surface area contributed by atoms with E-state index >= 15 is 0 Å². The Balaban J connectivity index is -0.000000605. The van der Waals surface area contributed by atoms with E-state index in [0.29, 0.717) is 10.5 Å². The second kappa shape index (κ2) is 10.7. The Morgan fingerprint density at radius 3 is 2.43 bits per heavy atom. The lowest BCUT2D eigenvalue weighted by Gasteiger charge is -2.21. The first kappa shape index (κ1) is 19.2. The van der Waals surface area contributed by atoms with Crippen LogP contribution in [0.4, 0.5) is 0 Å². The number of hydrogen-bond acceptors (Lipinski definition) is 4. The molecule has 0 bridgehead atoms. The number of carbonyl (C=O) groups is 1. The van der Waals surface area contributed by atoms with Gasteiger partial charge in [0, 0.05) is 6.08 Å². The summed E-state index contributed by atoms with van der Waals surface area (Å²) >= 11 is 0. The summed E-state index contributed by atoms with van der Waals surface area (Å²) in [6, 6.07) is 0. The molecule has 0 aromatic carbocycles. The fourth-order valence-corrected chi connectivity index (χ4v) is 1.16. The molecule has 0 aromatic heterocycles. The second-order valence-electron chi connectivity index (χ2n) is 2.53. The summed E-state index contributed by atoms with van der Waals surface area (Å²) in [6.07, 6.45) is 1.78. The van der Waals surface area contributed by atoms with E-state index in [4.69, 9.17) is 9.16 Å². The van der Waals surface area contributed by atoms with Crippen molar-refractivity contribution in [2.24, 2.45) is 0 Å². The highest BCUT2D eigenvalue weighted by Gasteiger charge is 2.17. The number of rotatable bonds is 5. The van der Waals surface area contributed by atoms with Gasteiger partial charge in [-0.05, 0) is 13.3 Å². The summed E-state index contributed by atoms with van der Waals surface area (Å²) in [6.45, 7) is 7.18. The van der Waals surface area contributed by atoms with E-state index in [-0.39, 0.29) is 36.7 Å². The number of hydrogen-bond donors (Lipinski definition) is 1. The highest BCUT2D eigenvalue weighted by atomic mass is 35.5. The maximum Gasteiger partial charge on any atom is 0.330 e. The number of halogens is 1. The quantitative estimate of drug-likeness (QED) is 0.438. The van der Waals surface area contributed by atoms with Gasteiger partial charge in [0.2, 0.25) is 0 Å². The van der Waals surface area contributed by atoms with Crippen LogP contribution in [0.5, 0.6) is 0 Å². The molecule has 0 saturated carbocycles. The fraction of sp³-hybridized carbons (Fsp3) is 0.625. The first-order chi connectivity index (χ1) is 5.65. The zero-order valence-corrected chi connectivity index (χ0v) is 11.8. The van der Waals surface area contributed by atoms with Crippen LogP contribution < -0.4 is 6.15 Å². The van der Waals surface area contributed by atoms with Crippen molar-refractivity contribution >= 4 is 28.9 Å². The van der Waals surface area contributed by atoms with Crippen molar-refractivity contribution in [2.75, 3.05) is 0 Å². The Labute approximate surface area is 94.6 Å². The first-order valence-electron chi connectivity index (χ1n) is 4.01. The van der Waals surface area contributed by atoms with Crippen LogP contribution in [0, 0.1) is 0 Å². The van der Waals surface area contributed by atoms with E-state index in [2.05, 4.69) is 6.58 Å².